The molecule has 2 rings (SSSR count). The third-order valence-electron chi connectivity index (χ3n) is 4.21. The first-order chi connectivity index (χ1) is 15.0. The van der Waals surface area contributed by atoms with E-state index in [1.54, 1.807) is 48.5 Å². The largest absolute Gasteiger partial charge is 0.482 e. The molecule has 0 fully saturated rings. The number of benzene rings is 2. The molecule has 0 saturated heterocycles. The van der Waals surface area contributed by atoms with Crippen LogP contribution >= 0.6 is 0 Å². The maximum atomic E-state index is 12.4. The molecule has 0 radical (unpaired) electrons. The van der Waals surface area contributed by atoms with E-state index in [4.69, 9.17) is 20.0 Å². The highest BCUT2D eigenvalue weighted by Crippen LogP contribution is 2.15. The molecule has 158 valence electrons. The second-order valence-corrected chi connectivity index (χ2v) is 6.37. The quantitative estimate of drug-likeness (QED) is 0.405. The van der Waals surface area contributed by atoms with Gasteiger partial charge < -0.3 is 14.4 Å². The number of carbonyl (C=O) groups is 3. The zero-order chi connectivity index (χ0) is 22.5. The molecule has 0 aliphatic rings. The summed E-state index contributed by atoms with van der Waals surface area (Å²) in [4.78, 5) is 37.6. The van der Waals surface area contributed by atoms with E-state index in [0.717, 1.165) is 0 Å². The molecule has 2 aromatic rings. The summed E-state index contributed by atoms with van der Waals surface area (Å²) in [7, 11) is 0. The molecular formula is C23H21N3O5. The lowest BCUT2D eigenvalue weighted by Gasteiger charge is -2.20. The van der Waals surface area contributed by atoms with Gasteiger partial charge in [0.05, 0.1) is 25.0 Å². The number of nitriles is 2. The van der Waals surface area contributed by atoms with Gasteiger partial charge in [-0.05, 0) is 24.3 Å². The third-order valence-corrected chi connectivity index (χ3v) is 4.21. The molecule has 0 saturated carbocycles. The Bertz CT molecular complexity index is 957. The van der Waals surface area contributed by atoms with Crippen molar-refractivity contribution < 1.29 is 23.9 Å². The van der Waals surface area contributed by atoms with E-state index in [2.05, 4.69) is 0 Å². The van der Waals surface area contributed by atoms with Crippen molar-refractivity contribution in [1.82, 2.24) is 4.90 Å². The normalized spacial score (nSPS) is 9.74. The molecule has 2 aromatic carbocycles. The fraction of sp³-hybridized carbons (Fsp3) is 0.261. The predicted octanol–water partition coefficient (Wildman–Crippen LogP) is 2.50. The van der Waals surface area contributed by atoms with Crippen molar-refractivity contribution in [2.75, 3.05) is 26.3 Å². The molecule has 0 heterocycles. The topological polar surface area (TPSA) is 120 Å². The minimum absolute atomic E-state index is 0.122. The van der Waals surface area contributed by atoms with Crippen LogP contribution in [0.5, 0.6) is 5.75 Å². The highest BCUT2D eigenvalue weighted by Gasteiger charge is 2.16. The first-order valence-electron chi connectivity index (χ1n) is 9.55. The lowest BCUT2D eigenvalue weighted by molar-refractivity contribution is -0.153. The van der Waals surface area contributed by atoms with Gasteiger partial charge in [0.2, 0.25) is 0 Å². The molecule has 0 spiro atoms. The average Bonchev–Trinajstić information content (AvgIpc) is 2.81. The predicted molar refractivity (Wildman–Crippen MR) is 110 cm³/mol. The molecule has 8 nitrogen and oxygen atoms in total. The Labute approximate surface area is 180 Å². The van der Waals surface area contributed by atoms with Crippen LogP contribution in [0.4, 0.5) is 0 Å². The van der Waals surface area contributed by atoms with E-state index in [0.29, 0.717) is 16.9 Å². The van der Waals surface area contributed by atoms with Crippen LogP contribution in [0.3, 0.4) is 0 Å². The standard InChI is InChI=1S/C23H21N3O5/c24-12-4-14-26(15-5-13-25)21(27)16-31-22(28)17-30-20-10-8-19(9-11-20)23(29)18-6-2-1-3-7-18/h1-3,6-11H,4-5,14-17H2. The number of ether oxygens (including phenoxy) is 2. The number of rotatable bonds is 11. The smallest absolute Gasteiger partial charge is 0.344 e. The van der Waals surface area contributed by atoms with Crippen LogP contribution in [0, 0.1) is 22.7 Å². The second-order valence-electron chi connectivity index (χ2n) is 6.37. The summed E-state index contributed by atoms with van der Waals surface area (Å²) < 4.78 is 10.2. The van der Waals surface area contributed by atoms with Gasteiger partial charge in [-0.1, -0.05) is 30.3 Å². The molecule has 0 atom stereocenters. The molecule has 8 heteroatoms. The second kappa shape index (κ2) is 12.4. The zero-order valence-electron chi connectivity index (χ0n) is 16.8. The van der Waals surface area contributed by atoms with Gasteiger partial charge in [0.25, 0.3) is 5.91 Å². The number of hydrogen-bond acceptors (Lipinski definition) is 7. The first kappa shape index (κ1) is 23.1. The highest BCUT2D eigenvalue weighted by atomic mass is 16.6. The van der Waals surface area contributed by atoms with E-state index in [1.165, 1.54) is 4.90 Å². The monoisotopic (exact) mass is 419 g/mol. The van der Waals surface area contributed by atoms with Gasteiger partial charge in [0.1, 0.15) is 5.75 Å². The van der Waals surface area contributed by atoms with Crippen molar-refractivity contribution >= 4 is 17.7 Å². The Kier molecular flexibility index (Phi) is 9.25. The van der Waals surface area contributed by atoms with E-state index in [1.807, 2.05) is 18.2 Å². The van der Waals surface area contributed by atoms with Gasteiger partial charge in [-0.2, -0.15) is 10.5 Å². The van der Waals surface area contributed by atoms with Crippen molar-refractivity contribution in [3.05, 3.63) is 65.7 Å². The molecule has 0 aliphatic heterocycles. The molecule has 1 amide bonds. The molecular weight excluding hydrogens is 398 g/mol. The lowest BCUT2D eigenvalue weighted by Crippen LogP contribution is -2.36. The third kappa shape index (κ3) is 7.64. The lowest BCUT2D eigenvalue weighted by atomic mass is 10.0. The van der Waals surface area contributed by atoms with Crippen molar-refractivity contribution in [1.29, 1.82) is 10.5 Å². The van der Waals surface area contributed by atoms with Gasteiger partial charge in [0.15, 0.2) is 19.0 Å². The van der Waals surface area contributed by atoms with E-state index >= 15 is 0 Å². The SMILES string of the molecule is N#CCCN(CCC#N)C(=O)COC(=O)COc1ccc(C(=O)c2ccccc2)cc1. The Morgan fingerprint density at radius 3 is 1.97 bits per heavy atom. The van der Waals surface area contributed by atoms with Crippen LogP contribution in [0.1, 0.15) is 28.8 Å². The van der Waals surface area contributed by atoms with E-state index in [9.17, 15) is 14.4 Å². The zero-order valence-corrected chi connectivity index (χ0v) is 16.8. The molecule has 0 aromatic heterocycles. The van der Waals surface area contributed by atoms with Crippen LogP contribution in [-0.2, 0) is 14.3 Å². The number of carbonyl (C=O) groups excluding carboxylic acids is 3. The summed E-state index contributed by atoms with van der Waals surface area (Å²) >= 11 is 0. The number of nitrogens with zero attached hydrogens (tertiary/aromatic N) is 3. The van der Waals surface area contributed by atoms with E-state index in [-0.39, 0.29) is 31.7 Å². The maximum Gasteiger partial charge on any atom is 0.344 e. The summed E-state index contributed by atoms with van der Waals surface area (Å²) in [6.07, 6.45) is 0.244. The van der Waals surface area contributed by atoms with Gasteiger partial charge in [-0.15, -0.1) is 0 Å². The summed E-state index contributed by atoms with van der Waals surface area (Å²) in [5.41, 5.74) is 1.06. The van der Waals surface area contributed by atoms with Gasteiger partial charge in [0, 0.05) is 24.2 Å². The van der Waals surface area contributed by atoms with Gasteiger partial charge in [-0.25, -0.2) is 4.79 Å². The number of esters is 1. The minimum Gasteiger partial charge on any atom is -0.482 e. The Hall–Kier alpha value is -4.17. The molecule has 0 unspecified atom stereocenters. The van der Waals surface area contributed by atoms with Crippen LogP contribution in [-0.4, -0.2) is 48.9 Å². The summed E-state index contributed by atoms with van der Waals surface area (Å²) in [5, 5.41) is 17.3. The Morgan fingerprint density at radius 1 is 0.806 bits per heavy atom. The molecule has 0 N–H and O–H groups in total. The van der Waals surface area contributed by atoms with Crippen LogP contribution in [0.2, 0.25) is 0 Å². The van der Waals surface area contributed by atoms with Crippen molar-refractivity contribution in [3.8, 4) is 17.9 Å². The Balaban J connectivity index is 1.80. The first-order valence-corrected chi connectivity index (χ1v) is 9.55. The number of hydrogen-bond donors (Lipinski definition) is 0. The summed E-state index contributed by atoms with van der Waals surface area (Å²) in [5.74, 6) is -0.971. The van der Waals surface area contributed by atoms with E-state index < -0.39 is 25.1 Å². The highest BCUT2D eigenvalue weighted by molar-refractivity contribution is 6.08. The van der Waals surface area contributed by atoms with Gasteiger partial charge in [-0.3, -0.25) is 9.59 Å². The van der Waals surface area contributed by atoms with Crippen LogP contribution in [0.25, 0.3) is 0 Å². The van der Waals surface area contributed by atoms with Crippen molar-refractivity contribution in [2.45, 2.75) is 12.8 Å². The molecule has 31 heavy (non-hydrogen) atoms. The maximum absolute atomic E-state index is 12.4. The summed E-state index contributed by atoms with van der Waals surface area (Å²) in [6, 6.07) is 19.0. The average molecular weight is 419 g/mol. The van der Waals surface area contributed by atoms with Crippen molar-refractivity contribution in [3.63, 3.8) is 0 Å². The molecule has 0 bridgehead atoms. The fourth-order valence-electron chi connectivity index (χ4n) is 2.61. The van der Waals surface area contributed by atoms with Crippen LogP contribution < -0.4 is 4.74 Å². The minimum atomic E-state index is -0.738. The van der Waals surface area contributed by atoms with Crippen LogP contribution in [0.15, 0.2) is 54.6 Å². The number of amides is 1. The van der Waals surface area contributed by atoms with Crippen molar-refractivity contribution in [2.24, 2.45) is 0 Å². The Morgan fingerprint density at radius 2 is 1.39 bits per heavy atom. The fourth-order valence-corrected chi connectivity index (χ4v) is 2.61. The number of ketones is 1. The summed E-state index contributed by atoms with van der Waals surface area (Å²) in [6.45, 7) is -0.572. The van der Waals surface area contributed by atoms with Gasteiger partial charge >= 0.3 is 5.97 Å². The molecule has 0 aliphatic carbocycles.